The number of hydrogen-bond donors (Lipinski definition) is 1. The molecule has 18 heavy (non-hydrogen) atoms. The number of halogens is 1. The van der Waals surface area contributed by atoms with Crippen molar-refractivity contribution in [1.82, 2.24) is 5.32 Å². The minimum absolute atomic E-state index is 0.682. The van der Waals surface area contributed by atoms with Crippen molar-refractivity contribution < 1.29 is 0 Å². The molecule has 1 aromatic carbocycles. The monoisotopic (exact) mass is 309 g/mol. The smallest absolute Gasteiger partial charge is 0.0178 e. The van der Waals surface area contributed by atoms with Crippen LogP contribution in [0.3, 0.4) is 0 Å². The Morgan fingerprint density at radius 2 is 2.11 bits per heavy atom. The van der Waals surface area contributed by atoms with Gasteiger partial charge in [0.1, 0.15) is 0 Å². The molecule has 0 bridgehead atoms. The maximum absolute atomic E-state index is 3.60. The van der Waals surface area contributed by atoms with E-state index in [4.69, 9.17) is 0 Å². The van der Waals surface area contributed by atoms with Crippen LogP contribution in [0.5, 0.6) is 0 Å². The number of benzene rings is 1. The molecule has 2 atom stereocenters. The summed E-state index contributed by atoms with van der Waals surface area (Å²) in [6.45, 7) is 7.01. The molecule has 0 amide bonds. The SMILES string of the molecule is CCC(CC)C1CCNCC1c1cccc(Br)c1. The van der Waals surface area contributed by atoms with Crippen molar-refractivity contribution >= 4 is 15.9 Å². The van der Waals surface area contributed by atoms with Gasteiger partial charge in [0.2, 0.25) is 0 Å². The van der Waals surface area contributed by atoms with Crippen molar-refractivity contribution in [3.05, 3.63) is 34.3 Å². The summed E-state index contributed by atoms with van der Waals surface area (Å²) in [5.41, 5.74) is 1.49. The lowest BCUT2D eigenvalue weighted by Crippen LogP contribution is -2.38. The number of nitrogens with one attached hydrogen (secondary N) is 1. The van der Waals surface area contributed by atoms with Gasteiger partial charge in [-0.05, 0) is 48.4 Å². The average molecular weight is 310 g/mol. The van der Waals surface area contributed by atoms with E-state index in [1.54, 1.807) is 0 Å². The van der Waals surface area contributed by atoms with Gasteiger partial charge in [-0.3, -0.25) is 0 Å². The maximum atomic E-state index is 3.60. The van der Waals surface area contributed by atoms with Gasteiger partial charge in [0, 0.05) is 11.0 Å². The van der Waals surface area contributed by atoms with Crippen LogP contribution < -0.4 is 5.32 Å². The summed E-state index contributed by atoms with van der Waals surface area (Å²) >= 11 is 3.60. The Labute approximate surface area is 119 Å². The van der Waals surface area contributed by atoms with Gasteiger partial charge < -0.3 is 5.32 Å². The van der Waals surface area contributed by atoms with Gasteiger partial charge in [0.15, 0.2) is 0 Å². The molecule has 0 spiro atoms. The summed E-state index contributed by atoms with van der Waals surface area (Å²) in [6, 6.07) is 8.87. The molecule has 1 fully saturated rings. The molecular formula is C16H24BrN. The summed E-state index contributed by atoms with van der Waals surface area (Å²) in [5.74, 6) is 2.40. The molecule has 2 rings (SSSR count). The lowest BCUT2D eigenvalue weighted by molar-refractivity contribution is 0.213. The number of rotatable bonds is 4. The Hall–Kier alpha value is -0.340. The first-order chi connectivity index (χ1) is 8.76. The van der Waals surface area contributed by atoms with Gasteiger partial charge in [-0.2, -0.15) is 0 Å². The molecule has 100 valence electrons. The van der Waals surface area contributed by atoms with Gasteiger partial charge >= 0.3 is 0 Å². The van der Waals surface area contributed by atoms with Crippen LogP contribution in [0, 0.1) is 11.8 Å². The molecule has 0 radical (unpaired) electrons. The van der Waals surface area contributed by atoms with E-state index in [-0.39, 0.29) is 0 Å². The molecule has 1 saturated heterocycles. The Balaban J connectivity index is 2.22. The van der Waals surface area contributed by atoms with Crippen LogP contribution in [0.15, 0.2) is 28.7 Å². The normalized spacial score (nSPS) is 24.4. The minimum Gasteiger partial charge on any atom is -0.316 e. The maximum Gasteiger partial charge on any atom is 0.0178 e. The van der Waals surface area contributed by atoms with Crippen molar-refractivity contribution in [3.63, 3.8) is 0 Å². The highest BCUT2D eigenvalue weighted by molar-refractivity contribution is 9.10. The van der Waals surface area contributed by atoms with E-state index in [0.717, 1.165) is 18.4 Å². The predicted octanol–water partition coefficient (Wildman–Crippen LogP) is 4.58. The molecule has 2 heteroatoms. The number of piperidine rings is 1. The highest BCUT2D eigenvalue weighted by atomic mass is 79.9. The molecular weight excluding hydrogens is 286 g/mol. The average Bonchev–Trinajstić information content (AvgIpc) is 2.41. The second-order valence-electron chi connectivity index (χ2n) is 5.39. The molecule has 1 aliphatic rings. The second-order valence-corrected chi connectivity index (χ2v) is 6.31. The van der Waals surface area contributed by atoms with Crippen LogP contribution in [-0.4, -0.2) is 13.1 Å². The Morgan fingerprint density at radius 3 is 2.78 bits per heavy atom. The van der Waals surface area contributed by atoms with E-state index in [2.05, 4.69) is 59.4 Å². The zero-order valence-corrected chi connectivity index (χ0v) is 13.0. The molecule has 0 aromatic heterocycles. The van der Waals surface area contributed by atoms with Crippen LogP contribution >= 0.6 is 15.9 Å². The summed E-state index contributed by atoms with van der Waals surface area (Å²) in [6.07, 6.45) is 3.95. The van der Waals surface area contributed by atoms with Crippen LogP contribution in [0.2, 0.25) is 0 Å². The standard InChI is InChI=1S/C16H24BrN/c1-3-12(4-2)15-8-9-18-11-16(15)13-6-5-7-14(17)10-13/h5-7,10,12,15-16,18H,3-4,8-9,11H2,1-2H3. The first kappa shape index (κ1) is 14.1. The largest absolute Gasteiger partial charge is 0.316 e. The van der Waals surface area contributed by atoms with Gasteiger partial charge in [0.25, 0.3) is 0 Å². The quantitative estimate of drug-likeness (QED) is 0.858. The highest BCUT2D eigenvalue weighted by Crippen LogP contribution is 2.38. The number of hydrogen-bond acceptors (Lipinski definition) is 1. The molecule has 1 nitrogen and oxygen atoms in total. The molecule has 0 aliphatic carbocycles. The van der Waals surface area contributed by atoms with Crippen molar-refractivity contribution in [2.24, 2.45) is 11.8 Å². The predicted molar refractivity (Wildman–Crippen MR) is 81.9 cm³/mol. The van der Waals surface area contributed by atoms with Gasteiger partial charge in [0.05, 0.1) is 0 Å². The zero-order chi connectivity index (χ0) is 13.0. The Kier molecular flexibility index (Phi) is 5.25. The molecule has 1 aliphatic heterocycles. The van der Waals surface area contributed by atoms with E-state index >= 15 is 0 Å². The van der Waals surface area contributed by atoms with E-state index in [9.17, 15) is 0 Å². The van der Waals surface area contributed by atoms with Crippen molar-refractivity contribution in [1.29, 1.82) is 0 Å². The van der Waals surface area contributed by atoms with Crippen LogP contribution in [0.4, 0.5) is 0 Å². The van der Waals surface area contributed by atoms with Gasteiger partial charge in [-0.25, -0.2) is 0 Å². The van der Waals surface area contributed by atoms with Crippen LogP contribution in [0.1, 0.15) is 44.6 Å². The van der Waals surface area contributed by atoms with Gasteiger partial charge in [-0.1, -0.05) is 54.8 Å². The third-order valence-electron chi connectivity index (χ3n) is 4.47. The van der Waals surface area contributed by atoms with Gasteiger partial charge in [-0.15, -0.1) is 0 Å². The van der Waals surface area contributed by atoms with Crippen molar-refractivity contribution in [2.75, 3.05) is 13.1 Å². The lowest BCUT2D eigenvalue weighted by atomic mass is 9.72. The van der Waals surface area contributed by atoms with E-state index in [1.165, 1.54) is 35.8 Å². The fourth-order valence-electron chi connectivity index (χ4n) is 3.44. The van der Waals surface area contributed by atoms with Crippen LogP contribution in [-0.2, 0) is 0 Å². The van der Waals surface area contributed by atoms with Crippen molar-refractivity contribution in [3.8, 4) is 0 Å². The van der Waals surface area contributed by atoms with E-state index in [1.807, 2.05) is 0 Å². The molecule has 0 saturated carbocycles. The molecule has 1 heterocycles. The lowest BCUT2D eigenvalue weighted by Gasteiger charge is -2.37. The Morgan fingerprint density at radius 1 is 1.33 bits per heavy atom. The summed E-state index contributed by atoms with van der Waals surface area (Å²) in [5, 5.41) is 3.57. The first-order valence-corrected chi connectivity index (χ1v) is 8.01. The topological polar surface area (TPSA) is 12.0 Å². The highest BCUT2D eigenvalue weighted by Gasteiger charge is 2.30. The van der Waals surface area contributed by atoms with E-state index in [0.29, 0.717) is 5.92 Å². The molecule has 2 unspecified atom stereocenters. The van der Waals surface area contributed by atoms with Crippen LogP contribution in [0.25, 0.3) is 0 Å². The van der Waals surface area contributed by atoms with E-state index < -0.39 is 0 Å². The zero-order valence-electron chi connectivity index (χ0n) is 11.5. The van der Waals surface area contributed by atoms with Crippen molar-refractivity contribution in [2.45, 2.75) is 39.0 Å². The molecule has 1 aromatic rings. The second kappa shape index (κ2) is 6.72. The third kappa shape index (κ3) is 3.16. The summed E-state index contributed by atoms with van der Waals surface area (Å²) in [4.78, 5) is 0. The first-order valence-electron chi connectivity index (χ1n) is 7.22. The Bertz CT molecular complexity index is 373. The third-order valence-corrected chi connectivity index (χ3v) is 4.96. The molecule has 1 N–H and O–H groups in total. The minimum atomic E-state index is 0.682. The fourth-order valence-corrected chi connectivity index (χ4v) is 3.86. The summed E-state index contributed by atoms with van der Waals surface area (Å²) < 4.78 is 1.20. The fraction of sp³-hybridized carbons (Fsp3) is 0.625. The summed E-state index contributed by atoms with van der Waals surface area (Å²) in [7, 11) is 0.